The van der Waals surface area contributed by atoms with Gasteiger partial charge in [-0.3, -0.25) is 4.79 Å². The van der Waals surface area contributed by atoms with Crippen LogP contribution < -0.4 is 10.1 Å². The number of rotatable bonds is 6. The zero-order valence-electron chi connectivity index (χ0n) is 13.2. The SMILES string of the molecule is CCOc1ccccc1NC(=O)CCn1ccc2ccccc21. The molecule has 0 aliphatic rings. The zero-order chi connectivity index (χ0) is 16.1. The van der Waals surface area contributed by atoms with E-state index < -0.39 is 0 Å². The number of benzene rings is 2. The Hall–Kier alpha value is -2.75. The number of ether oxygens (including phenoxy) is 1. The second-order valence-corrected chi connectivity index (χ2v) is 5.30. The van der Waals surface area contributed by atoms with Gasteiger partial charge in [-0.1, -0.05) is 30.3 Å². The minimum Gasteiger partial charge on any atom is -0.492 e. The summed E-state index contributed by atoms with van der Waals surface area (Å²) < 4.78 is 7.63. The fourth-order valence-corrected chi connectivity index (χ4v) is 2.62. The van der Waals surface area contributed by atoms with Crippen LogP contribution in [0.3, 0.4) is 0 Å². The fourth-order valence-electron chi connectivity index (χ4n) is 2.62. The number of anilines is 1. The first-order valence-corrected chi connectivity index (χ1v) is 7.83. The highest BCUT2D eigenvalue weighted by Gasteiger charge is 2.08. The van der Waals surface area contributed by atoms with Gasteiger partial charge in [0.2, 0.25) is 5.91 Å². The molecule has 4 nitrogen and oxygen atoms in total. The summed E-state index contributed by atoms with van der Waals surface area (Å²) in [6.45, 7) is 3.15. The Morgan fingerprint density at radius 1 is 1.09 bits per heavy atom. The van der Waals surface area contributed by atoms with E-state index >= 15 is 0 Å². The molecule has 0 aliphatic heterocycles. The van der Waals surface area contributed by atoms with Crippen LogP contribution in [0.2, 0.25) is 0 Å². The Morgan fingerprint density at radius 2 is 1.87 bits per heavy atom. The monoisotopic (exact) mass is 308 g/mol. The number of fused-ring (bicyclic) bond motifs is 1. The highest BCUT2D eigenvalue weighted by Crippen LogP contribution is 2.24. The summed E-state index contributed by atoms with van der Waals surface area (Å²) in [4.78, 5) is 12.2. The van der Waals surface area contributed by atoms with Gasteiger partial charge in [0.25, 0.3) is 0 Å². The summed E-state index contributed by atoms with van der Waals surface area (Å²) in [7, 11) is 0. The van der Waals surface area contributed by atoms with E-state index in [0.29, 0.717) is 25.3 Å². The number of hydrogen-bond acceptors (Lipinski definition) is 2. The molecule has 3 aromatic rings. The van der Waals surface area contributed by atoms with E-state index in [1.54, 1.807) is 0 Å². The third-order valence-corrected chi connectivity index (χ3v) is 3.72. The van der Waals surface area contributed by atoms with Crippen molar-refractivity contribution in [2.24, 2.45) is 0 Å². The van der Waals surface area contributed by atoms with E-state index in [4.69, 9.17) is 4.74 Å². The Bertz CT molecular complexity index is 808. The molecule has 0 saturated heterocycles. The Balaban J connectivity index is 1.64. The van der Waals surface area contributed by atoms with Crippen molar-refractivity contribution in [2.45, 2.75) is 19.9 Å². The molecule has 0 bridgehead atoms. The molecule has 0 fully saturated rings. The average Bonchev–Trinajstić information content (AvgIpc) is 2.98. The van der Waals surface area contributed by atoms with Gasteiger partial charge in [0.1, 0.15) is 5.75 Å². The topological polar surface area (TPSA) is 43.3 Å². The molecule has 1 amide bonds. The summed E-state index contributed by atoms with van der Waals surface area (Å²) in [5, 5.41) is 4.12. The Morgan fingerprint density at radius 3 is 2.74 bits per heavy atom. The van der Waals surface area contributed by atoms with Crippen LogP contribution in [-0.2, 0) is 11.3 Å². The number of aryl methyl sites for hydroxylation is 1. The summed E-state index contributed by atoms with van der Waals surface area (Å²) >= 11 is 0. The maximum absolute atomic E-state index is 12.2. The van der Waals surface area contributed by atoms with Gasteiger partial charge in [-0.15, -0.1) is 0 Å². The standard InChI is InChI=1S/C19H20N2O2/c1-2-23-18-10-6-4-8-16(18)20-19(22)12-14-21-13-11-15-7-3-5-9-17(15)21/h3-11,13H,2,12,14H2,1H3,(H,20,22). The summed E-state index contributed by atoms with van der Waals surface area (Å²) in [5.41, 5.74) is 1.87. The van der Waals surface area contributed by atoms with Crippen LogP contribution in [0.1, 0.15) is 13.3 Å². The second kappa shape index (κ2) is 7.01. The third-order valence-electron chi connectivity index (χ3n) is 3.72. The van der Waals surface area contributed by atoms with Crippen LogP contribution >= 0.6 is 0 Å². The molecule has 1 heterocycles. The van der Waals surface area contributed by atoms with Crippen molar-refractivity contribution in [1.29, 1.82) is 0 Å². The highest BCUT2D eigenvalue weighted by molar-refractivity contribution is 5.92. The van der Waals surface area contributed by atoms with Crippen molar-refractivity contribution in [3.05, 3.63) is 60.8 Å². The van der Waals surface area contributed by atoms with Gasteiger partial charge in [-0.2, -0.15) is 0 Å². The fraction of sp³-hybridized carbons (Fsp3) is 0.211. The molecule has 0 saturated carbocycles. The van der Waals surface area contributed by atoms with Crippen LogP contribution in [0.4, 0.5) is 5.69 Å². The van der Waals surface area contributed by atoms with Gasteiger partial charge in [-0.25, -0.2) is 0 Å². The number of amides is 1. The second-order valence-electron chi connectivity index (χ2n) is 5.30. The first-order valence-electron chi connectivity index (χ1n) is 7.83. The first kappa shape index (κ1) is 15.2. The van der Waals surface area contributed by atoms with Crippen molar-refractivity contribution >= 4 is 22.5 Å². The number of nitrogens with one attached hydrogen (secondary N) is 1. The molecular formula is C19H20N2O2. The molecule has 0 spiro atoms. The molecule has 23 heavy (non-hydrogen) atoms. The lowest BCUT2D eigenvalue weighted by atomic mass is 10.2. The number of nitrogens with zero attached hydrogens (tertiary/aromatic N) is 1. The van der Waals surface area contributed by atoms with Crippen LogP contribution in [0.25, 0.3) is 10.9 Å². The van der Waals surface area contributed by atoms with Gasteiger partial charge in [0.05, 0.1) is 12.3 Å². The molecular weight excluding hydrogens is 288 g/mol. The van der Waals surface area contributed by atoms with Gasteiger partial charge in [0.15, 0.2) is 0 Å². The molecule has 3 rings (SSSR count). The largest absolute Gasteiger partial charge is 0.492 e. The molecule has 2 aromatic carbocycles. The third kappa shape index (κ3) is 3.54. The van der Waals surface area contributed by atoms with Crippen LogP contribution in [0.5, 0.6) is 5.75 Å². The predicted molar refractivity (Wildman–Crippen MR) is 92.8 cm³/mol. The molecule has 1 N–H and O–H groups in total. The first-order chi connectivity index (χ1) is 11.3. The maximum Gasteiger partial charge on any atom is 0.226 e. The number of aromatic nitrogens is 1. The summed E-state index contributed by atoms with van der Waals surface area (Å²) in [6, 6.07) is 17.7. The van der Waals surface area contributed by atoms with E-state index in [9.17, 15) is 4.79 Å². The predicted octanol–water partition coefficient (Wildman–Crippen LogP) is 4.07. The zero-order valence-corrected chi connectivity index (χ0v) is 13.2. The number of carbonyl (C=O) groups excluding carboxylic acids is 1. The highest BCUT2D eigenvalue weighted by atomic mass is 16.5. The van der Waals surface area contributed by atoms with Gasteiger partial charge < -0.3 is 14.6 Å². The molecule has 0 atom stereocenters. The molecule has 118 valence electrons. The van der Waals surface area contributed by atoms with Crippen molar-refractivity contribution in [1.82, 2.24) is 4.57 Å². The number of para-hydroxylation sites is 3. The summed E-state index contributed by atoms with van der Waals surface area (Å²) in [6.07, 6.45) is 2.44. The molecule has 0 aliphatic carbocycles. The van der Waals surface area contributed by atoms with E-state index in [1.165, 1.54) is 5.39 Å². The van der Waals surface area contributed by atoms with E-state index in [2.05, 4.69) is 28.1 Å². The van der Waals surface area contributed by atoms with Gasteiger partial charge in [0, 0.05) is 24.7 Å². The normalized spacial score (nSPS) is 10.7. The molecule has 0 radical (unpaired) electrons. The van der Waals surface area contributed by atoms with E-state index in [1.807, 2.05) is 49.5 Å². The lowest BCUT2D eigenvalue weighted by Gasteiger charge is -2.11. The van der Waals surface area contributed by atoms with Crippen molar-refractivity contribution < 1.29 is 9.53 Å². The minimum absolute atomic E-state index is 0.0186. The van der Waals surface area contributed by atoms with Gasteiger partial charge >= 0.3 is 0 Å². The Labute approximate surface area is 135 Å². The van der Waals surface area contributed by atoms with E-state index in [-0.39, 0.29) is 5.91 Å². The Kier molecular flexibility index (Phi) is 4.62. The lowest BCUT2D eigenvalue weighted by molar-refractivity contribution is -0.116. The smallest absolute Gasteiger partial charge is 0.226 e. The summed E-state index contributed by atoms with van der Waals surface area (Å²) in [5.74, 6) is 0.685. The number of hydrogen-bond donors (Lipinski definition) is 1. The molecule has 4 heteroatoms. The number of carbonyl (C=O) groups is 1. The van der Waals surface area contributed by atoms with Gasteiger partial charge in [-0.05, 0) is 36.6 Å². The van der Waals surface area contributed by atoms with E-state index in [0.717, 1.165) is 11.2 Å². The van der Waals surface area contributed by atoms with Crippen molar-refractivity contribution in [2.75, 3.05) is 11.9 Å². The van der Waals surface area contributed by atoms with Crippen molar-refractivity contribution in [3.63, 3.8) is 0 Å². The van der Waals surface area contributed by atoms with Crippen LogP contribution in [0, 0.1) is 0 Å². The maximum atomic E-state index is 12.2. The quantitative estimate of drug-likeness (QED) is 0.746. The molecule has 1 aromatic heterocycles. The van der Waals surface area contributed by atoms with Crippen LogP contribution in [0.15, 0.2) is 60.8 Å². The molecule has 0 unspecified atom stereocenters. The minimum atomic E-state index is -0.0186. The van der Waals surface area contributed by atoms with Crippen molar-refractivity contribution in [3.8, 4) is 5.75 Å². The average molecular weight is 308 g/mol. The lowest BCUT2D eigenvalue weighted by Crippen LogP contribution is -2.15. The van der Waals surface area contributed by atoms with Crippen LogP contribution in [-0.4, -0.2) is 17.1 Å².